The minimum Gasteiger partial charge on any atom is -0.478 e. The van der Waals surface area contributed by atoms with Gasteiger partial charge in [0.1, 0.15) is 5.69 Å². The number of halogens is 1. The molecule has 1 aromatic heterocycles. The molecule has 9 heteroatoms. The molecule has 3 rings (SSSR count). The minimum atomic E-state index is -0.995. The quantitative estimate of drug-likeness (QED) is 0.476. The fourth-order valence-corrected chi connectivity index (χ4v) is 4.08. The summed E-state index contributed by atoms with van der Waals surface area (Å²) in [6, 6.07) is 8.30. The lowest BCUT2D eigenvalue weighted by Gasteiger charge is -2.38. The largest absolute Gasteiger partial charge is 0.478 e. The summed E-state index contributed by atoms with van der Waals surface area (Å²) in [6.07, 6.45) is 2.84. The van der Waals surface area contributed by atoms with E-state index in [-0.39, 0.29) is 30.0 Å². The van der Waals surface area contributed by atoms with Crippen molar-refractivity contribution in [2.45, 2.75) is 70.9 Å². The van der Waals surface area contributed by atoms with Crippen molar-refractivity contribution in [1.29, 1.82) is 0 Å². The first-order valence-corrected chi connectivity index (χ1v) is 11.5. The zero-order valence-corrected chi connectivity index (χ0v) is 19.8. The first-order valence-electron chi connectivity index (χ1n) is 11.1. The fraction of sp³-hybridized carbons (Fsp3) is 0.458. The maximum Gasteiger partial charge on any atom is 0.331 e. The number of carbonyl (C=O) groups is 2. The van der Waals surface area contributed by atoms with Gasteiger partial charge in [0, 0.05) is 35.2 Å². The SMILES string of the molecule is CCC(CC)O[C@@H]1C=C(C(=O)O)C[C@H](NCc2cc(-c3ccc(Cl)cc3)no2)[C@H]1NC(C)=O. The highest BCUT2D eigenvalue weighted by Crippen LogP contribution is 2.26. The number of amides is 1. The van der Waals surface area contributed by atoms with E-state index >= 15 is 0 Å². The number of aromatic nitrogens is 1. The Balaban J connectivity index is 1.77. The first-order chi connectivity index (χ1) is 15.8. The molecule has 0 fully saturated rings. The summed E-state index contributed by atoms with van der Waals surface area (Å²) >= 11 is 5.95. The van der Waals surface area contributed by atoms with E-state index in [1.807, 2.05) is 32.0 Å². The van der Waals surface area contributed by atoms with Crippen molar-refractivity contribution >= 4 is 23.5 Å². The van der Waals surface area contributed by atoms with Crippen LogP contribution >= 0.6 is 11.6 Å². The zero-order valence-electron chi connectivity index (χ0n) is 19.0. The second kappa shape index (κ2) is 11.4. The molecular weight excluding hydrogens is 446 g/mol. The summed E-state index contributed by atoms with van der Waals surface area (Å²) in [5.41, 5.74) is 1.80. The maximum absolute atomic E-state index is 11.9. The third-order valence-corrected chi connectivity index (χ3v) is 5.99. The third-order valence-electron chi connectivity index (χ3n) is 5.74. The lowest BCUT2D eigenvalue weighted by Crippen LogP contribution is -2.58. The van der Waals surface area contributed by atoms with E-state index in [9.17, 15) is 14.7 Å². The topological polar surface area (TPSA) is 114 Å². The van der Waals surface area contributed by atoms with Gasteiger partial charge >= 0.3 is 5.97 Å². The van der Waals surface area contributed by atoms with E-state index in [1.165, 1.54) is 6.92 Å². The lowest BCUT2D eigenvalue weighted by atomic mass is 9.87. The van der Waals surface area contributed by atoms with Gasteiger partial charge in [0.25, 0.3) is 0 Å². The van der Waals surface area contributed by atoms with Crippen LogP contribution in [-0.4, -0.2) is 46.4 Å². The maximum atomic E-state index is 11.9. The molecule has 1 amide bonds. The van der Waals surface area contributed by atoms with E-state index in [1.54, 1.807) is 18.2 Å². The van der Waals surface area contributed by atoms with E-state index in [0.717, 1.165) is 18.4 Å². The summed E-state index contributed by atoms with van der Waals surface area (Å²) in [5, 5.41) is 20.7. The van der Waals surface area contributed by atoms with E-state index in [0.29, 0.717) is 23.0 Å². The smallest absolute Gasteiger partial charge is 0.331 e. The van der Waals surface area contributed by atoms with Crippen LogP contribution in [0.15, 0.2) is 46.5 Å². The standard InChI is InChI=1S/C24H30ClN3O5/c1-4-18(5-2)32-22-11-16(24(30)31)10-21(23(22)27-14(3)29)26-13-19-12-20(28-33-19)15-6-8-17(25)9-7-15/h6-9,11-12,18,21-23,26H,4-5,10,13H2,1-3H3,(H,27,29)(H,30,31)/t21-,22+,23+/m0/s1. The predicted octanol–water partition coefficient (Wildman–Crippen LogP) is 3.95. The number of carboxylic acids is 1. The van der Waals surface area contributed by atoms with Gasteiger partial charge in [-0.2, -0.15) is 0 Å². The van der Waals surface area contributed by atoms with Gasteiger partial charge in [-0.25, -0.2) is 4.79 Å². The molecule has 178 valence electrons. The minimum absolute atomic E-state index is 0.0347. The Hall–Kier alpha value is -2.68. The van der Waals surface area contributed by atoms with Crippen molar-refractivity contribution in [3.05, 3.63) is 52.8 Å². The molecule has 0 aliphatic heterocycles. The molecule has 0 saturated heterocycles. The molecule has 3 N–H and O–H groups in total. The number of carboxylic acid groups (broad SMARTS) is 1. The second-order valence-electron chi connectivity index (χ2n) is 8.14. The van der Waals surface area contributed by atoms with Crippen LogP contribution in [0.1, 0.15) is 45.8 Å². The van der Waals surface area contributed by atoms with Gasteiger partial charge < -0.3 is 25.0 Å². The van der Waals surface area contributed by atoms with Crippen LogP contribution in [0.25, 0.3) is 11.3 Å². The summed E-state index contributed by atoms with van der Waals surface area (Å²) in [4.78, 5) is 23.7. The molecule has 0 bridgehead atoms. The van der Waals surface area contributed by atoms with Crippen LogP contribution < -0.4 is 10.6 Å². The molecule has 0 spiro atoms. The highest BCUT2D eigenvalue weighted by atomic mass is 35.5. The van der Waals surface area contributed by atoms with Crippen molar-refractivity contribution < 1.29 is 24.0 Å². The van der Waals surface area contributed by atoms with Crippen molar-refractivity contribution in [3.8, 4) is 11.3 Å². The normalized spacial score (nSPS) is 20.5. The predicted molar refractivity (Wildman–Crippen MR) is 125 cm³/mol. The average molecular weight is 476 g/mol. The Morgan fingerprint density at radius 1 is 1.27 bits per heavy atom. The number of carbonyl (C=O) groups excluding carboxylic acids is 1. The van der Waals surface area contributed by atoms with Crippen molar-refractivity contribution in [2.75, 3.05) is 0 Å². The molecule has 1 aromatic carbocycles. The van der Waals surface area contributed by atoms with Gasteiger partial charge in [0.05, 0.1) is 24.8 Å². The van der Waals surface area contributed by atoms with E-state index in [2.05, 4.69) is 15.8 Å². The van der Waals surface area contributed by atoms with Crippen LogP contribution in [0, 0.1) is 0 Å². The van der Waals surface area contributed by atoms with Gasteiger partial charge in [-0.1, -0.05) is 42.7 Å². The molecule has 8 nitrogen and oxygen atoms in total. The molecular formula is C24H30ClN3O5. The van der Waals surface area contributed by atoms with Gasteiger partial charge in [-0.3, -0.25) is 4.79 Å². The monoisotopic (exact) mass is 475 g/mol. The molecule has 0 saturated carbocycles. The third kappa shape index (κ3) is 6.66. The van der Waals surface area contributed by atoms with Crippen LogP contribution in [0.3, 0.4) is 0 Å². The molecule has 0 radical (unpaired) electrons. The van der Waals surface area contributed by atoms with E-state index < -0.39 is 18.1 Å². The van der Waals surface area contributed by atoms with Gasteiger partial charge in [0.2, 0.25) is 5.91 Å². The molecule has 1 aliphatic rings. The number of hydrogen-bond acceptors (Lipinski definition) is 6. The summed E-state index contributed by atoms with van der Waals surface area (Å²) in [5.74, 6) is -0.613. The number of hydrogen-bond donors (Lipinski definition) is 3. The van der Waals surface area contributed by atoms with Crippen molar-refractivity contribution in [3.63, 3.8) is 0 Å². The van der Waals surface area contributed by atoms with Crippen LogP contribution in [0.4, 0.5) is 0 Å². The van der Waals surface area contributed by atoms with Gasteiger partial charge in [-0.05, 0) is 37.5 Å². The highest BCUT2D eigenvalue weighted by molar-refractivity contribution is 6.30. The lowest BCUT2D eigenvalue weighted by molar-refractivity contribution is -0.133. The van der Waals surface area contributed by atoms with Crippen LogP contribution in [0.2, 0.25) is 5.02 Å². The fourth-order valence-electron chi connectivity index (χ4n) is 3.95. The summed E-state index contributed by atoms with van der Waals surface area (Å²) in [6.45, 7) is 5.79. The molecule has 3 atom stereocenters. The highest BCUT2D eigenvalue weighted by Gasteiger charge is 2.37. The second-order valence-corrected chi connectivity index (χ2v) is 8.58. The average Bonchev–Trinajstić information content (AvgIpc) is 3.26. The van der Waals surface area contributed by atoms with Crippen LogP contribution in [-0.2, 0) is 20.9 Å². The zero-order chi connectivity index (χ0) is 24.0. The number of nitrogens with zero attached hydrogens (tertiary/aromatic N) is 1. The molecule has 0 unspecified atom stereocenters. The number of nitrogens with one attached hydrogen (secondary N) is 2. The molecule has 33 heavy (non-hydrogen) atoms. The number of benzene rings is 1. The number of aliphatic carboxylic acids is 1. The Morgan fingerprint density at radius 2 is 1.97 bits per heavy atom. The molecule has 2 aromatic rings. The number of rotatable bonds is 10. The molecule has 1 heterocycles. The van der Waals surface area contributed by atoms with Gasteiger partial charge in [-0.15, -0.1) is 0 Å². The van der Waals surface area contributed by atoms with Gasteiger partial charge in [0.15, 0.2) is 5.76 Å². The Kier molecular flexibility index (Phi) is 8.66. The first kappa shape index (κ1) is 25.0. The van der Waals surface area contributed by atoms with Crippen LogP contribution in [0.5, 0.6) is 0 Å². The van der Waals surface area contributed by atoms with Crippen molar-refractivity contribution in [1.82, 2.24) is 15.8 Å². The Bertz CT molecular complexity index is 984. The van der Waals surface area contributed by atoms with E-state index in [4.69, 9.17) is 20.9 Å². The Morgan fingerprint density at radius 3 is 2.58 bits per heavy atom. The molecule has 1 aliphatic carbocycles. The Labute approximate surface area is 198 Å². The van der Waals surface area contributed by atoms with Crippen molar-refractivity contribution in [2.24, 2.45) is 0 Å². The summed E-state index contributed by atoms with van der Waals surface area (Å²) < 4.78 is 11.7. The number of ether oxygens (including phenoxy) is 1. The summed E-state index contributed by atoms with van der Waals surface area (Å²) in [7, 11) is 0.